The van der Waals surface area contributed by atoms with Crippen LogP contribution < -0.4 is 10.2 Å². The summed E-state index contributed by atoms with van der Waals surface area (Å²) in [5.41, 5.74) is 0. The molecular weight excluding hydrogens is 206 g/mol. The molecule has 3 nitrogen and oxygen atoms in total. The SMILES string of the molecule is CCC(CC)N(C)c1ncc(CNC)s1. The standard InChI is InChI=1S/C11H21N3S/c1-5-9(6-2)14(4)11-13-8-10(15-11)7-12-3/h8-9,12H,5-7H2,1-4H3. The van der Waals surface area contributed by atoms with Gasteiger partial charge in [-0.05, 0) is 19.9 Å². The Balaban J connectivity index is 2.68. The van der Waals surface area contributed by atoms with E-state index < -0.39 is 0 Å². The van der Waals surface area contributed by atoms with Crippen molar-refractivity contribution < 1.29 is 0 Å². The lowest BCUT2D eigenvalue weighted by Gasteiger charge is -2.25. The molecule has 0 aliphatic heterocycles. The predicted molar refractivity (Wildman–Crippen MR) is 67.7 cm³/mol. The molecule has 0 aliphatic carbocycles. The first-order chi connectivity index (χ1) is 7.22. The van der Waals surface area contributed by atoms with Gasteiger partial charge in [-0.1, -0.05) is 13.8 Å². The molecule has 0 fully saturated rings. The van der Waals surface area contributed by atoms with Crippen molar-refractivity contribution in [2.45, 2.75) is 39.3 Å². The molecular formula is C11H21N3S. The van der Waals surface area contributed by atoms with Crippen molar-refractivity contribution in [1.82, 2.24) is 10.3 Å². The first-order valence-electron chi connectivity index (χ1n) is 5.55. The lowest BCUT2D eigenvalue weighted by molar-refractivity contribution is 0.590. The summed E-state index contributed by atoms with van der Waals surface area (Å²) in [5, 5.41) is 4.28. The highest BCUT2D eigenvalue weighted by Crippen LogP contribution is 2.24. The lowest BCUT2D eigenvalue weighted by atomic mass is 10.1. The fourth-order valence-corrected chi connectivity index (χ4v) is 2.66. The Bertz CT molecular complexity index is 281. The van der Waals surface area contributed by atoms with Crippen molar-refractivity contribution in [2.75, 3.05) is 19.0 Å². The molecule has 1 rings (SSSR count). The van der Waals surface area contributed by atoms with Crippen LogP contribution in [0, 0.1) is 0 Å². The molecule has 0 unspecified atom stereocenters. The van der Waals surface area contributed by atoms with Crippen LogP contribution in [0.15, 0.2) is 6.20 Å². The highest BCUT2D eigenvalue weighted by Gasteiger charge is 2.14. The molecule has 4 heteroatoms. The molecule has 0 spiro atoms. The van der Waals surface area contributed by atoms with E-state index in [-0.39, 0.29) is 0 Å². The van der Waals surface area contributed by atoms with Crippen molar-refractivity contribution in [2.24, 2.45) is 0 Å². The highest BCUT2D eigenvalue weighted by molar-refractivity contribution is 7.15. The number of rotatable bonds is 6. The van der Waals surface area contributed by atoms with Crippen LogP contribution in [-0.4, -0.2) is 25.1 Å². The van der Waals surface area contributed by atoms with Crippen LogP contribution in [0.1, 0.15) is 31.6 Å². The summed E-state index contributed by atoms with van der Waals surface area (Å²) in [4.78, 5) is 8.05. The maximum absolute atomic E-state index is 4.46. The van der Waals surface area contributed by atoms with Gasteiger partial charge in [0, 0.05) is 30.7 Å². The molecule has 86 valence electrons. The molecule has 0 aliphatic rings. The number of nitrogens with zero attached hydrogens (tertiary/aromatic N) is 2. The maximum atomic E-state index is 4.46. The van der Waals surface area contributed by atoms with Gasteiger partial charge in [0.25, 0.3) is 0 Å². The van der Waals surface area contributed by atoms with Gasteiger partial charge in [-0.15, -0.1) is 11.3 Å². The van der Waals surface area contributed by atoms with Crippen LogP contribution in [0.2, 0.25) is 0 Å². The molecule has 1 N–H and O–H groups in total. The zero-order chi connectivity index (χ0) is 11.3. The summed E-state index contributed by atoms with van der Waals surface area (Å²) < 4.78 is 0. The van der Waals surface area contributed by atoms with Crippen LogP contribution in [0.3, 0.4) is 0 Å². The molecule has 0 saturated carbocycles. The first-order valence-corrected chi connectivity index (χ1v) is 6.36. The van der Waals surface area contributed by atoms with Gasteiger partial charge < -0.3 is 10.2 Å². The fourth-order valence-electron chi connectivity index (χ4n) is 1.71. The van der Waals surface area contributed by atoms with E-state index in [9.17, 15) is 0 Å². The van der Waals surface area contributed by atoms with Crippen molar-refractivity contribution >= 4 is 16.5 Å². The molecule has 15 heavy (non-hydrogen) atoms. The first kappa shape index (κ1) is 12.5. The van der Waals surface area contributed by atoms with Crippen molar-refractivity contribution in [3.63, 3.8) is 0 Å². The zero-order valence-corrected chi connectivity index (χ0v) is 10.9. The van der Waals surface area contributed by atoms with E-state index >= 15 is 0 Å². The molecule has 0 amide bonds. The highest BCUT2D eigenvalue weighted by atomic mass is 32.1. The second-order valence-corrected chi connectivity index (χ2v) is 4.81. The number of aromatic nitrogens is 1. The van der Waals surface area contributed by atoms with Crippen LogP contribution in [-0.2, 0) is 6.54 Å². The van der Waals surface area contributed by atoms with E-state index in [2.05, 4.69) is 36.1 Å². The van der Waals surface area contributed by atoms with Gasteiger partial charge in [0.15, 0.2) is 5.13 Å². The van der Waals surface area contributed by atoms with E-state index in [1.54, 1.807) is 11.3 Å². The molecule has 0 bridgehead atoms. The van der Waals surface area contributed by atoms with E-state index in [0.717, 1.165) is 11.7 Å². The number of hydrogen-bond acceptors (Lipinski definition) is 4. The second-order valence-electron chi connectivity index (χ2n) is 3.72. The van der Waals surface area contributed by atoms with Crippen molar-refractivity contribution in [1.29, 1.82) is 0 Å². The Labute approximate surface area is 96.5 Å². The van der Waals surface area contributed by atoms with E-state index in [1.807, 2.05) is 13.2 Å². The lowest BCUT2D eigenvalue weighted by Crippen LogP contribution is -2.30. The third-order valence-electron chi connectivity index (χ3n) is 2.68. The summed E-state index contributed by atoms with van der Waals surface area (Å²) in [6.45, 7) is 5.37. The van der Waals surface area contributed by atoms with Crippen molar-refractivity contribution in [3.8, 4) is 0 Å². The number of hydrogen-bond donors (Lipinski definition) is 1. The third kappa shape index (κ3) is 3.18. The number of thiazole rings is 1. The summed E-state index contributed by atoms with van der Waals surface area (Å²) in [6, 6.07) is 0.610. The predicted octanol–water partition coefficient (Wildman–Crippen LogP) is 2.49. The molecule has 0 aromatic carbocycles. The zero-order valence-electron chi connectivity index (χ0n) is 10.1. The normalized spacial score (nSPS) is 11.0. The van der Waals surface area contributed by atoms with Crippen LogP contribution >= 0.6 is 11.3 Å². The maximum Gasteiger partial charge on any atom is 0.185 e. The van der Waals surface area contributed by atoms with Crippen LogP contribution in [0.4, 0.5) is 5.13 Å². The third-order valence-corrected chi connectivity index (χ3v) is 3.77. The van der Waals surface area contributed by atoms with E-state index in [4.69, 9.17) is 0 Å². The number of anilines is 1. The Kier molecular flexibility index (Phi) is 5.05. The molecule has 0 radical (unpaired) electrons. The summed E-state index contributed by atoms with van der Waals surface area (Å²) in [5.74, 6) is 0. The topological polar surface area (TPSA) is 28.2 Å². The molecule has 0 atom stereocenters. The second kappa shape index (κ2) is 6.08. The minimum absolute atomic E-state index is 0.610. The van der Waals surface area contributed by atoms with Gasteiger partial charge in [0.05, 0.1) is 0 Å². The summed E-state index contributed by atoms with van der Waals surface area (Å²) in [7, 11) is 4.10. The molecule has 1 aromatic heterocycles. The quantitative estimate of drug-likeness (QED) is 0.809. The Morgan fingerprint density at radius 2 is 2.13 bits per heavy atom. The van der Waals surface area contributed by atoms with Gasteiger partial charge in [-0.25, -0.2) is 4.98 Å². The van der Waals surface area contributed by atoms with E-state index in [1.165, 1.54) is 17.7 Å². The van der Waals surface area contributed by atoms with Gasteiger partial charge in [-0.3, -0.25) is 0 Å². The molecule has 0 saturated heterocycles. The monoisotopic (exact) mass is 227 g/mol. The Hall–Kier alpha value is -0.610. The molecule has 1 aromatic rings. The smallest absolute Gasteiger partial charge is 0.185 e. The van der Waals surface area contributed by atoms with E-state index in [0.29, 0.717) is 6.04 Å². The van der Waals surface area contributed by atoms with Gasteiger partial charge in [0.2, 0.25) is 0 Å². The minimum atomic E-state index is 0.610. The minimum Gasteiger partial charge on any atom is -0.348 e. The summed E-state index contributed by atoms with van der Waals surface area (Å²) >= 11 is 1.78. The fraction of sp³-hybridized carbons (Fsp3) is 0.727. The van der Waals surface area contributed by atoms with Crippen LogP contribution in [0.5, 0.6) is 0 Å². The molecule has 1 heterocycles. The summed E-state index contributed by atoms with van der Waals surface area (Å²) in [6.07, 6.45) is 4.32. The van der Waals surface area contributed by atoms with Crippen molar-refractivity contribution in [3.05, 3.63) is 11.1 Å². The van der Waals surface area contributed by atoms with Gasteiger partial charge in [-0.2, -0.15) is 0 Å². The Morgan fingerprint density at radius 3 is 2.67 bits per heavy atom. The van der Waals surface area contributed by atoms with Gasteiger partial charge in [0.1, 0.15) is 0 Å². The van der Waals surface area contributed by atoms with Crippen LogP contribution in [0.25, 0.3) is 0 Å². The van der Waals surface area contributed by atoms with Gasteiger partial charge >= 0.3 is 0 Å². The largest absolute Gasteiger partial charge is 0.348 e. The average Bonchev–Trinajstić information content (AvgIpc) is 2.68. The average molecular weight is 227 g/mol. The Morgan fingerprint density at radius 1 is 1.47 bits per heavy atom. The number of nitrogens with one attached hydrogen (secondary N) is 1.